The Kier molecular flexibility index (Phi) is 5.58. The molecule has 0 spiro atoms. The van der Waals surface area contributed by atoms with Crippen LogP contribution in [-0.4, -0.2) is 36.2 Å². The molecule has 1 saturated heterocycles. The van der Waals surface area contributed by atoms with Gasteiger partial charge in [-0.3, -0.25) is 9.69 Å². The largest absolute Gasteiger partial charge is 0.496 e. The van der Waals surface area contributed by atoms with Crippen molar-refractivity contribution in [1.29, 1.82) is 0 Å². The van der Waals surface area contributed by atoms with E-state index in [0.717, 1.165) is 28.9 Å². The average Bonchev–Trinajstić information content (AvgIpc) is 3.10. The van der Waals surface area contributed by atoms with Crippen molar-refractivity contribution < 1.29 is 14.6 Å². The number of carboxylic acid groups (broad SMARTS) is 1. The first-order valence-corrected chi connectivity index (χ1v) is 9.61. The molecular formula is C18H20BrNO3S. The van der Waals surface area contributed by atoms with Crippen LogP contribution in [0.25, 0.3) is 0 Å². The van der Waals surface area contributed by atoms with Crippen LogP contribution in [0.4, 0.5) is 0 Å². The zero-order valence-electron chi connectivity index (χ0n) is 13.4. The van der Waals surface area contributed by atoms with E-state index < -0.39 is 5.97 Å². The molecule has 4 nitrogen and oxygen atoms in total. The second-order valence-electron chi connectivity index (χ2n) is 5.95. The number of ether oxygens (including phenoxy) is 1. The van der Waals surface area contributed by atoms with Crippen molar-refractivity contribution in [3.05, 3.63) is 50.6 Å². The molecule has 1 aliphatic rings. The van der Waals surface area contributed by atoms with Crippen LogP contribution in [0, 0.1) is 5.92 Å². The number of aliphatic carboxylic acids is 1. The normalized spacial score (nSPS) is 17.6. The second kappa shape index (κ2) is 7.68. The third kappa shape index (κ3) is 3.66. The Hall–Kier alpha value is -1.37. The molecule has 1 aromatic carbocycles. The maximum Gasteiger partial charge on any atom is 0.306 e. The molecular weight excluding hydrogens is 390 g/mol. The van der Waals surface area contributed by atoms with Crippen LogP contribution in [0.3, 0.4) is 0 Å². The molecule has 0 amide bonds. The molecule has 2 aromatic rings. The molecule has 0 radical (unpaired) electrons. The molecule has 1 aromatic heterocycles. The average molecular weight is 410 g/mol. The molecule has 0 bridgehead atoms. The maximum atomic E-state index is 11.2. The van der Waals surface area contributed by atoms with Crippen molar-refractivity contribution in [2.24, 2.45) is 5.92 Å². The van der Waals surface area contributed by atoms with E-state index in [1.807, 2.05) is 12.1 Å². The van der Waals surface area contributed by atoms with Gasteiger partial charge in [0.05, 0.1) is 19.1 Å². The van der Waals surface area contributed by atoms with E-state index >= 15 is 0 Å². The number of rotatable bonds is 5. The Morgan fingerprint density at radius 3 is 2.71 bits per heavy atom. The molecule has 1 N–H and O–H groups in total. The highest BCUT2D eigenvalue weighted by Gasteiger charge is 2.32. The van der Waals surface area contributed by atoms with Gasteiger partial charge in [-0.15, -0.1) is 11.3 Å². The minimum absolute atomic E-state index is 0.0900. The van der Waals surface area contributed by atoms with Crippen LogP contribution in [0.15, 0.2) is 40.2 Å². The van der Waals surface area contributed by atoms with Gasteiger partial charge >= 0.3 is 5.97 Å². The third-order valence-electron chi connectivity index (χ3n) is 4.54. The number of carbonyl (C=O) groups is 1. The van der Waals surface area contributed by atoms with Crippen LogP contribution >= 0.6 is 27.3 Å². The number of methoxy groups -OCH3 is 1. The van der Waals surface area contributed by atoms with E-state index in [1.54, 1.807) is 18.4 Å². The van der Waals surface area contributed by atoms with E-state index in [1.165, 1.54) is 4.88 Å². The van der Waals surface area contributed by atoms with Crippen LogP contribution in [0.1, 0.15) is 29.3 Å². The van der Waals surface area contributed by atoms with Gasteiger partial charge in [-0.25, -0.2) is 0 Å². The predicted octanol–water partition coefficient (Wildman–Crippen LogP) is 4.41. The van der Waals surface area contributed by atoms with E-state index in [0.29, 0.717) is 12.8 Å². The maximum absolute atomic E-state index is 11.2. The van der Waals surface area contributed by atoms with Crippen molar-refractivity contribution in [3.8, 4) is 5.75 Å². The molecule has 1 aliphatic heterocycles. The van der Waals surface area contributed by atoms with Gasteiger partial charge in [-0.1, -0.05) is 22.0 Å². The second-order valence-corrected chi connectivity index (χ2v) is 7.85. The van der Waals surface area contributed by atoms with Gasteiger partial charge in [0.15, 0.2) is 0 Å². The summed E-state index contributed by atoms with van der Waals surface area (Å²) in [6.07, 6.45) is 1.38. The van der Waals surface area contributed by atoms with Crippen LogP contribution in [0.2, 0.25) is 0 Å². The lowest BCUT2D eigenvalue weighted by molar-refractivity contribution is -0.143. The van der Waals surface area contributed by atoms with E-state index in [9.17, 15) is 9.90 Å². The summed E-state index contributed by atoms with van der Waals surface area (Å²) in [5.41, 5.74) is 1.11. The fourth-order valence-corrected chi connectivity index (χ4v) is 4.56. The van der Waals surface area contributed by atoms with Gasteiger partial charge in [0, 0.05) is 14.9 Å². The van der Waals surface area contributed by atoms with Crippen molar-refractivity contribution in [1.82, 2.24) is 4.90 Å². The summed E-state index contributed by atoms with van der Waals surface area (Å²) in [6, 6.07) is 10.3. The first-order valence-electron chi connectivity index (χ1n) is 7.94. The molecule has 1 atom stereocenters. The molecule has 2 heterocycles. The van der Waals surface area contributed by atoms with E-state index in [-0.39, 0.29) is 12.0 Å². The van der Waals surface area contributed by atoms with Crippen LogP contribution in [0.5, 0.6) is 5.75 Å². The van der Waals surface area contributed by atoms with Crippen molar-refractivity contribution in [3.63, 3.8) is 0 Å². The quantitative estimate of drug-likeness (QED) is 0.794. The lowest BCUT2D eigenvalue weighted by Crippen LogP contribution is -2.39. The van der Waals surface area contributed by atoms with Gasteiger partial charge < -0.3 is 9.84 Å². The topological polar surface area (TPSA) is 49.8 Å². The molecule has 0 aliphatic carbocycles. The minimum Gasteiger partial charge on any atom is -0.496 e. The van der Waals surface area contributed by atoms with Gasteiger partial charge in [0.1, 0.15) is 5.75 Å². The lowest BCUT2D eigenvalue weighted by atomic mass is 9.93. The first-order chi connectivity index (χ1) is 11.6. The summed E-state index contributed by atoms with van der Waals surface area (Å²) < 4.78 is 6.61. The van der Waals surface area contributed by atoms with E-state index in [2.05, 4.69) is 44.4 Å². The molecule has 24 heavy (non-hydrogen) atoms. The Bertz CT molecular complexity index is 696. The number of thiophene rings is 1. The van der Waals surface area contributed by atoms with Crippen LogP contribution < -0.4 is 4.74 Å². The number of halogens is 1. The number of carboxylic acids is 1. The highest BCUT2D eigenvalue weighted by atomic mass is 79.9. The Morgan fingerprint density at radius 2 is 2.12 bits per heavy atom. The van der Waals surface area contributed by atoms with Crippen molar-refractivity contribution in [2.45, 2.75) is 18.9 Å². The van der Waals surface area contributed by atoms with Crippen molar-refractivity contribution >= 4 is 33.2 Å². The van der Waals surface area contributed by atoms with Gasteiger partial charge in [-0.2, -0.15) is 0 Å². The fourth-order valence-electron chi connectivity index (χ4n) is 3.30. The SMILES string of the molecule is COc1ccc(Br)cc1C(c1cccs1)N1CCC(C(=O)O)CC1. The smallest absolute Gasteiger partial charge is 0.306 e. The molecule has 1 fully saturated rings. The third-order valence-corrected chi connectivity index (χ3v) is 5.96. The summed E-state index contributed by atoms with van der Waals surface area (Å²) in [7, 11) is 1.69. The Balaban J connectivity index is 1.94. The fraction of sp³-hybridized carbons (Fsp3) is 0.389. The standard InChI is InChI=1S/C18H20BrNO3S/c1-23-15-5-4-13(19)11-14(15)17(16-3-2-10-24-16)20-8-6-12(7-9-20)18(21)22/h2-5,10-12,17H,6-9H2,1H3,(H,21,22). The highest BCUT2D eigenvalue weighted by molar-refractivity contribution is 9.10. The highest BCUT2D eigenvalue weighted by Crippen LogP contribution is 2.39. The molecule has 0 saturated carbocycles. The van der Waals surface area contributed by atoms with Gasteiger partial charge in [0.25, 0.3) is 0 Å². The molecule has 3 rings (SSSR count). The number of hydrogen-bond acceptors (Lipinski definition) is 4. The Morgan fingerprint density at radius 1 is 1.38 bits per heavy atom. The van der Waals surface area contributed by atoms with Crippen molar-refractivity contribution in [2.75, 3.05) is 20.2 Å². The summed E-state index contributed by atoms with van der Waals surface area (Å²) in [6.45, 7) is 1.55. The van der Waals surface area contributed by atoms with Crippen LogP contribution in [-0.2, 0) is 4.79 Å². The lowest BCUT2D eigenvalue weighted by Gasteiger charge is -2.37. The van der Waals surface area contributed by atoms with Gasteiger partial charge in [-0.05, 0) is 55.6 Å². The summed E-state index contributed by atoms with van der Waals surface area (Å²) in [4.78, 5) is 14.9. The Labute approximate surface area is 154 Å². The predicted molar refractivity (Wildman–Crippen MR) is 98.8 cm³/mol. The summed E-state index contributed by atoms with van der Waals surface area (Å²) in [5.74, 6) is -0.0473. The molecule has 128 valence electrons. The molecule has 1 unspecified atom stereocenters. The zero-order chi connectivity index (χ0) is 17.1. The summed E-state index contributed by atoms with van der Waals surface area (Å²) >= 11 is 5.28. The number of nitrogens with zero attached hydrogens (tertiary/aromatic N) is 1. The number of hydrogen-bond donors (Lipinski definition) is 1. The van der Waals surface area contributed by atoms with Gasteiger partial charge in [0.2, 0.25) is 0 Å². The number of piperidine rings is 1. The number of likely N-dealkylation sites (tertiary alicyclic amines) is 1. The minimum atomic E-state index is -0.678. The first kappa shape index (κ1) is 17.5. The monoisotopic (exact) mass is 409 g/mol. The molecule has 6 heteroatoms. The zero-order valence-corrected chi connectivity index (χ0v) is 15.8. The summed E-state index contributed by atoms with van der Waals surface area (Å²) in [5, 5.41) is 11.3. The number of benzene rings is 1. The van der Waals surface area contributed by atoms with E-state index in [4.69, 9.17) is 4.74 Å².